The Morgan fingerprint density at radius 1 is 1.33 bits per heavy atom. The number of nitrogens with two attached hydrogens (primary N) is 1. The monoisotopic (exact) mass is 249 g/mol. The van der Waals surface area contributed by atoms with E-state index in [4.69, 9.17) is 5.73 Å². The summed E-state index contributed by atoms with van der Waals surface area (Å²) in [5.41, 5.74) is 11.0. The van der Waals surface area contributed by atoms with Crippen LogP contribution in [0, 0.1) is 0 Å². The van der Waals surface area contributed by atoms with E-state index >= 15 is 0 Å². The number of hydrazine groups is 1. The summed E-state index contributed by atoms with van der Waals surface area (Å²) in [4.78, 5) is 11.6. The summed E-state index contributed by atoms with van der Waals surface area (Å²) in [7, 11) is 3.56. The van der Waals surface area contributed by atoms with Gasteiger partial charge in [-0.05, 0) is 17.5 Å². The first-order chi connectivity index (χ1) is 8.52. The number of nitrogens with one attached hydrogen (secondary N) is 1. The molecule has 4 heteroatoms. The number of carbonyl (C=O) groups is 1. The molecule has 0 fully saturated rings. The van der Waals surface area contributed by atoms with Crippen LogP contribution in [0.4, 0.5) is 0 Å². The molecule has 0 aliphatic heterocycles. The number of hydrogen-bond acceptors (Lipinski definition) is 3. The second-order valence-electron chi connectivity index (χ2n) is 4.73. The summed E-state index contributed by atoms with van der Waals surface area (Å²) < 4.78 is 0. The van der Waals surface area contributed by atoms with Crippen LogP contribution in [0.15, 0.2) is 24.3 Å². The molecule has 0 heterocycles. The molecule has 0 saturated carbocycles. The van der Waals surface area contributed by atoms with E-state index in [1.165, 1.54) is 5.56 Å². The quantitative estimate of drug-likeness (QED) is 0.753. The average molecular weight is 249 g/mol. The fourth-order valence-corrected chi connectivity index (χ4v) is 1.83. The maximum Gasteiger partial charge on any atom is 0.236 e. The van der Waals surface area contributed by atoms with Crippen LogP contribution in [0.5, 0.6) is 0 Å². The number of amides is 1. The maximum atomic E-state index is 11.6. The van der Waals surface area contributed by atoms with Gasteiger partial charge in [-0.2, -0.15) is 0 Å². The molecular formula is C14H23N3O. The molecule has 18 heavy (non-hydrogen) atoms. The van der Waals surface area contributed by atoms with Gasteiger partial charge in [-0.1, -0.05) is 37.6 Å². The van der Waals surface area contributed by atoms with E-state index in [0.29, 0.717) is 6.42 Å². The molecule has 1 aromatic carbocycles. The van der Waals surface area contributed by atoms with Crippen molar-refractivity contribution in [3.05, 3.63) is 35.4 Å². The third kappa shape index (κ3) is 4.85. The Morgan fingerprint density at radius 2 is 1.94 bits per heavy atom. The van der Waals surface area contributed by atoms with Gasteiger partial charge >= 0.3 is 0 Å². The Morgan fingerprint density at radius 3 is 2.44 bits per heavy atom. The van der Waals surface area contributed by atoms with Crippen LogP contribution >= 0.6 is 0 Å². The normalized spacial score (nSPS) is 12.5. The first kappa shape index (κ1) is 14.7. The van der Waals surface area contributed by atoms with Gasteiger partial charge < -0.3 is 5.73 Å². The number of hydrogen-bond donors (Lipinski definition) is 2. The third-order valence-corrected chi connectivity index (χ3v) is 2.70. The standard InChI is InChI=1S/C14H23N3O/c1-4-5-11-6-8-12(9-7-11)13(15)10-14(18)16-17(2)3/h6-9,13H,4-5,10,15H2,1-3H3,(H,16,18). The van der Waals surface area contributed by atoms with Gasteiger partial charge in [0.1, 0.15) is 0 Å². The lowest BCUT2D eigenvalue weighted by molar-refractivity contribution is -0.125. The SMILES string of the molecule is CCCc1ccc(C(N)CC(=O)NN(C)C)cc1. The van der Waals surface area contributed by atoms with Crippen LogP contribution in [-0.2, 0) is 11.2 Å². The van der Waals surface area contributed by atoms with Crippen LogP contribution in [0.1, 0.15) is 36.9 Å². The summed E-state index contributed by atoms with van der Waals surface area (Å²) >= 11 is 0. The van der Waals surface area contributed by atoms with Gasteiger partial charge in [0.2, 0.25) is 5.91 Å². The van der Waals surface area contributed by atoms with E-state index in [9.17, 15) is 4.79 Å². The fraction of sp³-hybridized carbons (Fsp3) is 0.500. The van der Waals surface area contributed by atoms with Gasteiger partial charge in [-0.3, -0.25) is 10.2 Å². The molecule has 1 aromatic rings. The lowest BCUT2D eigenvalue weighted by Gasteiger charge is -2.15. The fourth-order valence-electron chi connectivity index (χ4n) is 1.83. The lowest BCUT2D eigenvalue weighted by atomic mass is 10.0. The zero-order chi connectivity index (χ0) is 13.5. The van der Waals surface area contributed by atoms with Crippen molar-refractivity contribution in [2.75, 3.05) is 14.1 Å². The minimum Gasteiger partial charge on any atom is -0.324 e. The Labute approximate surface area is 109 Å². The second-order valence-corrected chi connectivity index (χ2v) is 4.73. The zero-order valence-electron chi connectivity index (χ0n) is 11.4. The molecular weight excluding hydrogens is 226 g/mol. The van der Waals surface area contributed by atoms with E-state index in [0.717, 1.165) is 18.4 Å². The van der Waals surface area contributed by atoms with Gasteiger partial charge in [0.05, 0.1) is 0 Å². The van der Waals surface area contributed by atoms with Crippen LogP contribution in [0.3, 0.4) is 0 Å². The van der Waals surface area contributed by atoms with Gasteiger partial charge in [0, 0.05) is 26.6 Å². The Hall–Kier alpha value is -1.39. The predicted octanol–water partition coefficient (Wildman–Crippen LogP) is 1.62. The molecule has 0 radical (unpaired) electrons. The lowest BCUT2D eigenvalue weighted by Crippen LogP contribution is -2.37. The highest BCUT2D eigenvalue weighted by Crippen LogP contribution is 2.15. The molecule has 100 valence electrons. The summed E-state index contributed by atoms with van der Waals surface area (Å²) in [6.07, 6.45) is 2.51. The van der Waals surface area contributed by atoms with Crippen LogP contribution < -0.4 is 11.2 Å². The number of aryl methyl sites for hydroxylation is 1. The van der Waals surface area contributed by atoms with E-state index in [1.54, 1.807) is 19.1 Å². The van der Waals surface area contributed by atoms with Gasteiger partial charge in [-0.15, -0.1) is 0 Å². The molecule has 3 N–H and O–H groups in total. The van der Waals surface area contributed by atoms with Crippen molar-refractivity contribution in [1.29, 1.82) is 0 Å². The van der Waals surface area contributed by atoms with Gasteiger partial charge in [0.25, 0.3) is 0 Å². The van der Waals surface area contributed by atoms with Crippen molar-refractivity contribution in [2.24, 2.45) is 5.73 Å². The Balaban J connectivity index is 2.55. The van der Waals surface area contributed by atoms with Crippen molar-refractivity contribution in [3.8, 4) is 0 Å². The summed E-state index contributed by atoms with van der Waals surface area (Å²) in [5.74, 6) is -0.0647. The maximum absolute atomic E-state index is 11.6. The van der Waals surface area contributed by atoms with Crippen molar-refractivity contribution < 1.29 is 4.79 Å². The highest BCUT2D eigenvalue weighted by Gasteiger charge is 2.11. The van der Waals surface area contributed by atoms with Crippen molar-refractivity contribution in [2.45, 2.75) is 32.2 Å². The first-order valence-electron chi connectivity index (χ1n) is 6.34. The van der Waals surface area contributed by atoms with Gasteiger partial charge in [-0.25, -0.2) is 5.01 Å². The second kappa shape index (κ2) is 7.13. The summed E-state index contributed by atoms with van der Waals surface area (Å²) in [6, 6.07) is 7.95. The van der Waals surface area contributed by atoms with Crippen molar-refractivity contribution in [1.82, 2.24) is 10.4 Å². The Kier molecular flexibility index (Phi) is 5.82. The molecule has 1 rings (SSSR count). The smallest absolute Gasteiger partial charge is 0.236 e. The molecule has 0 aliphatic rings. The molecule has 0 saturated heterocycles. The van der Waals surface area contributed by atoms with E-state index in [2.05, 4.69) is 24.5 Å². The van der Waals surface area contributed by atoms with E-state index in [-0.39, 0.29) is 11.9 Å². The highest BCUT2D eigenvalue weighted by molar-refractivity contribution is 5.76. The molecule has 1 amide bonds. The number of nitrogens with zero attached hydrogens (tertiary/aromatic N) is 1. The largest absolute Gasteiger partial charge is 0.324 e. The minimum atomic E-state index is -0.249. The van der Waals surface area contributed by atoms with E-state index in [1.807, 2.05) is 12.1 Å². The Bertz CT molecular complexity index is 373. The molecule has 1 atom stereocenters. The van der Waals surface area contributed by atoms with Gasteiger partial charge in [0.15, 0.2) is 0 Å². The highest BCUT2D eigenvalue weighted by atomic mass is 16.2. The van der Waals surface area contributed by atoms with E-state index < -0.39 is 0 Å². The third-order valence-electron chi connectivity index (χ3n) is 2.70. The number of carbonyl (C=O) groups excluding carboxylic acids is 1. The van der Waals surface area contributed by atoms with Crippen LogP contribution in [0.25, 0.3) is 0 Å². The zero-order valence-corrected chi connectivity index (χ0v) is 11.4. The summed E-state index contributed by atoms with van der Waals surface area (Å²) in [6.45, 7) is 2.16. The topological polar surface area (TPSA) is 58.4 Å². The van der Waals surface area contributed by atoms with Crippen molar-refractivity contribution in [3.63, 3.8) is 0 Å². The minimum absolute atomic E-state index is 0.0647. The molecule has 4 nitrogen and oxygen atoms in total. The first-order valence-corrected chi connectivity index (χ1v) is 6.34. The van der Waals surface area contributed by atoms with Crippen LogP contribution in [0.2, 0.25) is 0 Å². The average Bonchev–Trinajstić information content (AvgIpc) is 2.29. The molecule has 1 unspecified atom stereocenters. The molecule has 0 aliphatic carbocycles. The molecule has 0 spiro atoms. The molecule has 0 aromatic heterocycles. The number of benzene rings is 1. The summed E-state index contributed by atoms with van der Waals surface area (Å²) in [5, 5.41) is 1.62. The predicted molar refractivity (Wildman–Crippen MR) is 73.8 cm³/mol. The number of rotatable bonds is 6. The molecule has 0 bridgehead atoms. The van der Waals surface area contributed by atoms with Crippen molar-refractivity contribution >= 4 is 5.91 Å². The van der Waals surface area contributed by atoms with Crippen LogP contribution in [-0.4, -0.2) is 25.0 Å².